The van der Waals surface area contributed by atoms with E-state index >= 15 is 0 Å². The Morgan fingerprint density at radius 1 is 1.43 bits per heavy atom. The first-order valence-corrected chi connectivity index (χ1v) is 10.3. The molecule has 1 aromatic rings. The molecule has 1 atom stereocenters. The van der Waals surface area contributed by atoms with E-state index in [-0.39, 0.29) is 36.0 Å². The molecule has 2 aliphatic rings. The molecule has 166 valence electrons. The smallest absolute Gasteiger partial charge is 0.243 e. The van der Waals surface area contributed by atoms with Gasteiger partial charge < -0.3 is 9.64 Å². The highest BCUT2D eigenvalue weighted by Crippen LogP contribution is 2.31. The van der Waals surface area contributed by atoms with Gasteiger partial charge in [0.15, 0.2) is 11.6 Å². The van der Waals surface area contributed by atoms with Crippen LogP contribution in [0.3, 0.4) is 0 Å². The average Bonchev–Trinajstić information content (AvgIpc) is 3.20. The Balaban J connectivity index is 1.65. The number of aromatic nitrogens is 2. The standard InChI is InChI=1S/C18H26ClFN6O4/c1-30-13-8-25(9-13)16-14(20)15(21-18(19)22-16)23-24-17(28)12(7-26(29)10-27)6-11-4-2-3-5-11/h10-13,29H,2-9H2,1H3,(H,24,28)(H,21,22,23). The van der Waals surface area contributed by atoms with Gasteiger partial charge in [-0.15, -0.1) is 0 Å². The minimum absolute atomic E-state index is 0.00940. The molecule has 1 aliphatic heterocycles. The van der Waals surface area contributed by atoms with E-state index in [0.29, 0.717) is 30.5 Å². The molecule has 30 heavy (non-hydrogen) atoms. The Bertz CT molecular complexity index is 760. The van der Waals surface area contributed by atoms with E-state index in [1.807, 2.05) is 0 Å². The maximum Gasteiger partial charge on any atom is 0.243 e. The van der Waals surface area contributed by atoms with Crippen LogP contribution in [0.2, 0.25) is 5.28 Å². The van der Waals surface area contributed by atoms with Crippen LogP contribution in [0.25, 0.3) is 0 Å². The summed E-state index contributed by atoms with van der Waals surface area (Å²) in [5.41, 5.74) is 4.88. The van der Waals surface area contributed by atoms with Crippen molar-refractivity contribution in [1.29, 1.82) is 0 Å². The van der Waals surface area contributed by atoms with Gasteiger partial charge in [0.25, 0.3) is 0 Å². The summed E-state index contributed by atoms with van der Waals surface area (Å²) in [6, 6.07) is 0. The quantitative estimate of drug-likeness (QED) is 0.215. The second-order valence-corrected chi connectivity index (χ2v) is 8.00. The van der Waals surface area contributed by atoms with Gasteiger partial charge in [-0.3, -0.25) is 25.6 Å². The summed E-state index contributed by atoms with van der Waals surface area (Å²) in [4.78, 5) is 32.8. The molecule has 1 saturated carbocycles. The second kappa shape index (κ2) is 10.2. The van der Waals surface area contributed by atoms with Crippen LogP contribution in [0.1, 0.15) is 32.1 Å². The van der Waals surface area contributed by atoms with Gasteiger partial charge in [-0.05, 0) is 23.9 Å². The van der Waals surface area contributed by atoms with Crippen molar-refractivity contribution in [2.75, 3.05) is 37.1 Å². The van der Waals surface area contributed by atoms with Gasteiger partial charge in [-0.25, -0.2) is 5.06 Å². The Kier molecular flexibility index (Phi) is 7.62. The number of carbonyl (C=O) groups is 2. The minimum Gasteiger partial charge on any atom is -0.378 e. The highest BCUT2D eigenvalue weighted by atomic mass is 35.5. The topological polar surface area (TPSA) is 120 Å². The third-order valence-electron chi connectivity index (χ3n) is 5.58. The number of hydroxylamine groups is 2. The lowest BCUT2D eigenvalue weighted by molar-refractivity contribution is -0.154. The molecule has 1 saturated heterocycles. The fourth-order valence-corrected chi connectivity index (χ4v) is 4.03. The van der Waals surface area contributed by atoms with Crippen molar-refractivity contribution in [1.82, 2.24) is 20.5 Å². The summed E-state index contributed by atoms with van der Waals surface area (Å²) in [5.74, 6) is -1.80. The Hall–Kier alpha value is -2.24. The molecular weight excluding hydrogens is 419 g/mol. The van der Waals surface area contributed by atoms with Crippen molar-refractivity contribution < 1.29 is 23.9 Å². The maximum atomic E-state index is 14.8. The number of amides is 2. The van der Waals surface area contributed by atoms with E-state index in [9.17, 15) is 19.2 Å². The van der Waals surface area contributed by atoms with Crippen LogP contribution in [-0.2, 0) is 14.3 Å². The maximum absolute atomic E-state index is 14.8. The second-order valence-electron chi connectivity index (χ2n) is 7.67. The van der Waals surface area contributed by atoms with Crippen LogP contribution >= 0.6 is 11.6 Å². The predicted octanol–water partition coefficient (Wildman–Crippen LogP) is 1.59. The third kappa shape index (κ3) is 5.46. The summed E-state index contributed by atoms with van der Waals surface area (Å²) < 4.78 is 20.0. The normalized spacial score (nSPS) is 18.1. The van der Waals surface area contributed by atoms with Crippen LogP contribution < -0.4 is 15.8 Å². The summed E-state index contributed by atoms with van der Waals surface area (Å²) in [5, 5.41) is 9.81. The van der Waals surface area contributed by atoms with Crippen LogP contribution in [0, 0.1) is 17.7 Å². The van der Waals surface area contributed by atoms with Crippen molar-refractivity contribution >= 4 is 35.6 Å². The van der Waals surface area contributed by atoms with E-state index < -0.39 is 17.6 Å². The molecule has 1 aliphatic carbocycles. The van der Waals surface area contributed by atoms with Crippen LogP contribution in [0.15, 0.2) is 0 Å². The molecule has 12 heteroatoms. The van der Waals surface area contributed by atoms with Gasteiger partial charge >= 0.3 is 0 Å². The fraction of sp³-hybridized carbons (Fsp3) is 0.667. The Labute approximate surface area is 178 Å². The SMILES string of the molecule is COC1CN(c2nc(Cl)nc(NNC(=O)C(CC3CCCC3)CN(O)C=O)c2F)C1. The predicted molar refractivity (Wildman–Crippen MR) is 106 cm³/mol. The molecule has 0 aromatic carbocycles. The first-order chi connectivity index (χ1) is 14.4. The molecular formula is C18H26ClFN6O4. The highest BCUT2D eigenvalue weighted by molar-refractivity contribution is 6.28. The van der Waals surface area contributed by atoms with Crippen LogP contribution in [0.4, 0.5) is 16.0 Å². The lowest BCUT2D eigenvalue weighted by Crippen LogP contribution is -2.52. The zero-order chi connectivity index (χ0) is 21.7. The molecule has 2 fully saturated rings. The van der Waals surface area contributed by atoms with Crippen LogP contribution in [-0.4, -0.2) is 65.4 Å². The number of hydrogen-bond acceptors (Lipinski definition) is 8. The summed E-state index contributed by atoms with van der Waals surface area (Å²) in [6.45, 7) is 0.778. The number of nitrogens with zero attached hydrogens (tertiary/aromatic N) is 4. The number of hydrazine groups is 1. The zero-order valence-electron chi connectivity index (χ0n) is 16.7. The van der Waals surface area contributed by atoms with Gasteiger partial charge in [0.2, 0.25) is 23.4 Å². The number of nitrogens with one attached hydrogen (secondary N) is 2. The van der Waals surface area contributed by atoms with E-state index in [1.165, 1.54) is 0 Å². The number of methoxy groups -OCH3 is 1. The molecule has 10 nitrogen and oxygen atoms in total. The molecule has 3 rings (SSSR count). The number of ether oxygens (including phenoxy) is 1. The number of hydrogen-bond donors (Lipinski definition) is 3. The molecule has 3 N–H and O–H groups in total. The van der Waals surface area contributed by atoms with E-state index in [2.05, 4.69) is 20.8 Å². The van der Waals surface area contributed by atoms with E-state index in [4.69, 9.17) is 16.3 Å². The molecule has 2 amide bonds. The average molecular weight is 445 g/mol. The van der Waals surface area contributed by atoms with E-state index in [1.54, 1.807) is 12.0 Å². The molecule has 2 heterocycles. The summed E-state index contributed by atoms with van der Waals surface area (Å²) in [7, 11) is 1.58. The van der Waals surface area contributed by atoms with Crippen molar-refractivity contribution in [3.63, 3.8) is 0 Å². The zero-order valence-corrected chi connectivity index (χ0v) is 17.4. The fourth-order valence-electron chi connectivity index (χ4n) is 3.87. The molecule has 0 bridgehead atoms. The van der Waals surface area contributed by atoms with Crippen molar-refractivity contribution in [3.05, 3.63) is 11.1 Å². The first kappa shape index (κ1) is 22.4. The Morgan fingerprint density at radius 3 is 2.77 bits per heavy atom. The minimum atomic E-state index is -0.752. The number of anilines is 2. The van der Waals surface area contributed by atoms with Gasteiger partial charge in [-0.1, -0.05) is 25.7 Å². The van der Waals surface area contributed by atoms with Crippen molar-refractivity contribution in [2.45, 2.75) is 38.2 Å². The van der Waals surface area contributed by atoms with Crippen molar-refractivity contribution in [2.24, 2.45) is 11.8 Å². The molecule has 0 radical (unpaired) electrons. The monoisotopic (exact) mass is 444 g/mol. The number of carbonyl (C=O) groups excluding carboxylic acids is 2. The summed E-state index contributed by atoms with van der Waals surface area (Å²) in [6.07, 6.45) is 4.96. The van der Waals surface area contributed by atoms with Gasteiger partial charge in [0.05, 0.1) is 18.6 Å². The summed E-state index contributed by atoms with van der Waals surface area (Å²) >= 11 is 5.92. The van der Waals surface area contributed by atoms with Crippen LogP contribution in [0.5, 0.6) is 0 Å². The van der Waals surface area contributed by atoms with Gasteiger partial charge in [0, 0.05) is 20.2 Å². The Morgan fingerprint density at radius 2 is 2.13 bits per heavy atom. The number of halogens is 2. The van der Waals surface area contributed by atoms with Gasteiger partial charge in [-0.2, -0.15) is 14.4 Å². The molecule has 1 unspecified atom stereocenters. The third-order valence-corrected chi connectivity index (χ3v) is 5.75. The highest BCUT2D eigenvalue weighted by Gasteiger charge is 2.32. The molecule has 0 spiro atoms. The molecule has 1 aromatic heterocycles. The van der Waals surface area contributed by atoms with Crippen molar-refractivity contribution in [3.8, 4) is 0 Å². The first-order valence-electron chi connectivity index (χ1n) is 9.88. The number of rotatable bonds is 10. The largest absolute Gasteiger partial charge is 0.378 e. The van der Waals surface area contributed by atoms with Gasteiger partial charge in [0.1, 0.15) is 0 Å². The lowest BCUT2D eigenvalue weighted by atomic mass is 9.92. The van der Waals surface area contributed by atoms with E-state index in [0.717, 1.165) is 25.7 Å². The lowest BCUT2D eigenvalue weighted by Gasteiger charge is -2.39.